The Labute approximate surface area is 82.3 Å². The quantitative estimate of drug-likeness (QED) is 0.673. The van der Waals surface area contributed by atoms with Crippen LogP contribution in [-0.2, 0) is 14.4 Å². The molecule has 0 heterocycles. The summed E-state index contributed by atoms with van der Waals surface area (Å²) < 4.78 is 0. The monoisotopic (exact) mass is 198 g/mol. The third-order valence-electron chi connectivity index (χ3n) is 2.53. The van der Waals surface area contributed by atoms with Gasteiger partial charge in [-0.05, 0) is 12.8 Å². The van der Waals surface area contributed by atoms with Gasteiger partial charge in [-0.2, -0.15) is 0 Å². The Kier molecular flexibility index (Phi) is 3.80. The Balaban J connectivity index is 2.32. The molecule has 1 saturated carbocycles. The lowest BCUT2D eigenvalue weighted by Gasteiger charge is -2.05. The van der Waals surface area contributed by atoms with Crippen LogP contribution in [0.1, 0.15) is 38.5 Å². The smallest absolute Gasteiger partial charge is 0.310 e. The molecule has 0 aromatic carbocycles. The Hall–Kier alpha value is -1.19. The Bertz CT molecular complexity index is 251. The molecule has 0 bridgehead atoms. The zero-order chi connectivity index (χ0) is 10.6. The van der Waals surface area contributed by atoms with Crippen LogP contribution in [-0.4, -0.2) is 22.6 Å². The molecule has 0 aromatic heterocycles. The summed E-state index contributed by atoms with van der Waals surface area (Å²) in [6, 6.07) is 0. The zero-order valence-corrected chi connectivity index (χ0v) is 7.99. The van der Waals surface area contributed by atoms with Gasteiger partial charge in [0.15, 0.2) is 5.78 Å². The summed E-state index contributed by atoms with van der Waals surface area (Å²) in [4.78, 5) is 32.6. The SMILES string of the molecule is O=C(O)CC(=O)CC(=O)C1CCCC1. The zero-order valence-electron chi connectivity index (χ0n) is 7.99. The highest BCUT2D eigenvalue weighted by Crippen LogP contribution is 2.26. The number of hydrogen-bond donors (Lipinski definition) is 1. The van der Waals surface area contributed by atoms with Gasteiger partial charge in [-0.1, -0.05) is 12.8 Å². The first kappa shape index (κ1) is 10.9. The molecule has 0 saturated heterocycles. The summed E-state index contributed by atoms with van der Waals surface area (Å²) in [5, 5.41) is 8.33. The Morgan fingerprint density at radius 1 is 1.07 bits per heavy atom. The molecule has 78 valence electrons. The molecule has 1 N–H and O–H groups in total. The van der Waals surface area contributed by atoms with Gasteiger partial charge in [-0.25, -0.2) is 0 Å². The second kappa shape index (κ2) is 4.88. The van der Waals surface area contributed by atoms with Crippen molar-refractivity contribution in [3.8, 4) is 0 Å². The molecule has 0 radical (unpaired) electrons. The van der Waals surface area contributed by atoms with Crippen molar-refractivity contribution in [2.75, 3.05) is 0 Å². The van der Waals surface area contributed by atoms with E-state index in [1.54, 1.807) is 0 Å². The molecule has 0 unspecified atom stereocenters. The van der Waals surface area contributed by atoms with Crippen LogP contribution < -0.4 is 0 Å². The number of carbonyl (C=O) groups excluding carboxylic acids is 2. The van der Waals surface area contributed by atoms with Crippen molar-refractivity contribution < 1.29 is 19.5 Å². The molecular weight excluding hydrogens is 184 g/mol. The van der Waals surface area contributed by atoms with Crippen molar-refractivity contribution >= 4 is 17.5 Å². The molecule has 14 heavy (non-hydrogen) atoms. The van der Waals surface area contributed by atoms with Gasteiger partial charge in [0, 0.05) is 5.92 Å². The fourth-order valence-corrected chi connectivity index (χ4v) is 1.82. The predicted octanol–water partition coefficient (Wildman–Crippen LogP) is 1.18. The number of hydrogen-bond acceptors (Lipinski definition) is 3. The van der Waals surface area contributed by atoms with E-state index in [0.29, 0.717) is 0 Å². The molecule has 0 amide bonds. The molecule has 0 atom stereocenters. The number of carboxylic acid groups (broad SMARTS) is 1. The Morgan fingerprint density at radius 3 is 2.14 bits per heavy atom. The maximum Gasteiger partial charge on any atom is 0.310 e. The fourth-order valence-electron chi connectivity index (χ4n) is 1.82. The first-order valence-corrected chi connectivity index (χ1v) is 4.86. The summed E-state index contributed by atoms with van der Waals surface area (Å²) in [6.45, 7) is 0. The topological polar surface area (TPSA) is 71.4 Å². The van der Waals surface area contributed by atoms with Gasteiger partial charge in [0.1, 0.15) is 12.2 Å². The molecule has 1 rings (SSSR count). The Morgan fingerprint density at radius 2 is 1.64 bits per heavy atom. The van der Waals surface area contributed by atoms with E-state index in [4.69, 9.17) is 5.11 Å². The van der Waals surface area contributed by atoms with Crippen LogP contribution in [0.5, 0.6) is 0 Å². The van der Waals surface area contributed by atoms with E-state index in [1.165, 1.54) is 0 Å². The molecule has 4 nitrogen and oxygen atoms in total. The molecular formula is C10H14O4. The minimum absolute atomic E-state index is 0.00717. The van der Waals surface area contributed by atoms with Gasteiger partial charge in [0.2, 0.25) is 0 Å². The molecule has 0 aromatic rings. The summed E-state index contributed by atoms with van der Waals surface area (Å²) in [6.07, 6.45) is 3.08. The lowest BCUT2D eigenvalue weighted by Crippen LogP contribution is -2.17. The van der Waals surface area contributed by atoms with Gasteiger partial charge in [0.25, 0.3) is 0 Å². The molecule has 1 fully saturated rings. The fraction of sp³-hybridized carbons (Fsp3) is 0.700. The minimum Gasteiger partial charge on any atom is -0.481 e. The second-order valence-electron chi connectivity index (χ2n) is 3.73. The van der Waals surface area contributed by atoms with E-state index < -0.39 is 18.2 Å². The molecule has 0 aliphatic heterocycles. The van der Waals surface area contributed by atoms with Crippen LogP contribution in [0.3, 0.4) is 0 Å². The van der Waals surface area contributed by atoms with E-state index in [2.05, 4.69) is 0 Å². The van der Waals surface area contributed by atoms with Crippen LogP contribution >= 0.6 is 0 Å². The third kappa shape index (κ3) is 3.28. The van der Waals surface area contributed by atoms with E-state index in [1.807, 2.05) is 0 Å². The normalized spacial score (nSPS) is 16.9. The number of rotatable bonds is 5. The van der Waals surface area contributed by atoms with E-state index in [0.717, 1.165) is 25.7 Å². The summed E-state index contributed by atoms with van der Waals surface area (Å²) in [5.74, 6) is -1.70. The van der Waals surface area contributed by atoms with Crippen LogP contribution in [0.15, 0.2) is 0 Å². The molecule has 0 spiro atoms. The summed E-state index contributed by atoms with van der Waals surface area (Å²) in [7, 11) is 0. The van der Waals surface area contributed by atoms with Crippen LogP contribution in [0.25, 0.3) is 0 Å². The lowest BCUT2D eigenvalue weighted by molar-refractivity contribution is -0.140. The summed E-state index contributed by atoms with van der Waals surface area (Å²) >= 11 is 0. The van der Waals surface area contributed by atoms with Crippen LogP contribution in [0.2, 0.25) is 0 Å². The maximum atomic E-state index is 11.4. The standard InChI is InChI=1S/C10H14O4/c11-8(6-10(13)14)5-9(12)7-3-1-2-4-7/h7H,1-6H2,(H,13,14). The maximum absolute atomic E-state index is 11.4. The number of Topliss-reactive ketones (excluding diaryl/α,β-unsaturated/α-hetero) is 2. The summed E-state index contributed by atoms with van der Waals surface area (Å²) in [5.41, 5.74) is 0. The lowest BCUT2D eigenvalue weighted by atomic mass is 9.98. The number of ketones is 2. The highest BCUT2D eigenvalue weighted by atomic mass is 16.4. The average molecular weight is 198 g/mol. The second-order valence-corrected chi connectivity index (χ2v) is 3.73. The van der Waals surface area contributed by atoms with Gasteiger partial charge in [0.05, 0.1) is 6.42 Å². The van der Waals surface area contributed by atoms with Crippen molar-refractivity contribution in [2.24, 2.45) is 5.92 Å². The van der Waals surface area contributed by atoms with Crippen molar-refractivity contribution in [1.29, 1.82) is 0 Å². The van der Waals surface area contributed by atoms with Crippen molar-refractivity contribution in [2.45, 2.75) is 38.5 Å². The number of carbonyl (C=O) groups is 3. The van der Waals surface area contributed by atoms with Gasteiger partial charge < -0.3 is 5.11 Å². The van der Waals surface area contributed by atoms with Crippen molar-refractivity contribution in [1.82, 2.24) is 0 Å². The van der Waals surface area contributed by atoms with Crippen molar-refractivity contribution in [3.63, 3.8) is 0 Å². The van der Waals surface area contributed by atoms with E-state index in [-0.39, 0.29) is 18.1 Å². The molecule has 1 aliphatic carbocycles. The highest BCUT2D eigenvalue weighted by molar-refractivity contribution is 6.05. The van der Waals surface area contributed by atoms with Gasteiger partial charge >= 0.3 is 5.97 Å². The van der Waals surface area contributed by atoms with Crippen LogP contribution in [0, 0.1) is 5.92 Å². The van der Waals surface area contributed by atoms with Gasteiger partial charge in [-0.15, -0.1) is 0 Å². The largest absolute Gasteiger partial charge is 0.481 e. The van der Waals surface area contributed by atoms with E-state index in [9.17, 15) is 14.4 Å². The van der Waals surface area contributed by atoms with E-state index >= 15 is 0 Å². The number of carboxylic acids is 1. The van der Waals surface area contributed by atoms with Crippen LogP contribution in [0.4, 0.5) is 0 Å². The first-order chi connectivity index (χ1) is 6.59. The van der Waals surface area contributed by atoms with Gasteiger partial charge in [-0.3, -0.25) is 14.4 Å². The first-order valence-electron chi connectivity index (χ1n) is 4.86. The van der Waals surface area contributed by atoms with Crippen molar-refractivity contribution in [3.05, 3.63) is 0 Å². The average Bonchev–Trinajstić information content (AvgIpc) is 2.53. The highest BCUT2D eigenvalue weighted by Gasteiger charge is 2.24. The predicted molar refractivity (Wildman–Crippen MR) is 48.8 cm³/mol. The molecule has 1 aliphatic rings. The molecule has 4 heteroatoms. The third-order valence-corrected chi connectivity index (χ3v) is 2.53. The number of aliphatic carboxylic acids is 1. The minimum atomic E-state index is -1.16.